The second-order valence-corrected chi connectivity index (χ2v) is 4.12. The van der Waals surface area contributed by atoms with Gasteiger partial charge in [-0.15, -0.1) is 0 Å². The fourth-order valence-electron chi connectivity index (χ4n) is 2.04. The molecular weight excluding hydrogens is 176 g/mol. The van der Waals surface area contributed by atoms with E-state index < -0.39 is 0 Å². The number of hydrogen-bond acceptors (Lipinski definition) is 3. The van der Waals surface area contributed by atoms with Gasteiger partial charge in [0.2, 0.25) is 0 Å². The van der Waals surface area contributed by atoms with Crippen molar-refractivity contribution in [3.63, 3.8) is 0 Å². The number of nitrogens with zero attached hydrogens (tertiary/aromatic N) is 2. The molecule has 0 spiro atoms. The van der Waals surface area contributed by atoms with Crippen LogP contribution in [0.3, 0.4) is 0 Å². The summed E-state index contributed by atoms with van der Waals surface area (Å²) < 4.78 is 5.00. The van der Waals surface area contributed by atoms with Gasteiger partial charge in [0.1, 0.15) is 0 Å². The van der Waals surface area contributed by atoms with Crippen molar-refractivity contribution in [3.8, 4) is 0 Å². The van der Waals surface area contributed by atoms with Gasteiger partial charge in [0.15, 0.2) is 5.76 Å². The molecule has 0 bridgehead atoms. The van der Waals surface area contributed by atoms with E-state index >= 15 is 0 Å². The predicted molar refractivity (Wildman–Crippen MR) is 55.7 cm³/mol. The molecule has 1 aliphatic rings. The van der Waals surface area contributed by atoms with Crippen LogP contribution in [0, 0.1) is 5.92 Å². The lowest BCUT2D eigenvalue weighted by Crippen LogP contribution is -2.22. The molecule has 0 N–H and O–H groups in total. The molecule has 3 nitrogen and oxygen atoms in total. The topological polar surface area (TPSA) is 29.3 Å². The smallest absolute Gasteiger partial charge is 0.159 e. The third-order valence-corrected chi connectivity index (χ3v) is 2.75. The molecule has 2 unspecified atom stereocenters. The van der Waals surface area contributed by atoms with Gasteiger partial charge in [-0.25, -0.2) is 0 Å². The van der Waals surface area contributed by atoms with Crippen LogP contribution in [0.25, 0.3) is 6.08 Å². The Morgan fingerprint density at radius 2 is 2.50 bits per heavy atom. The van der Waals surface area contributed by atoms with E-state index in [0.29, 0.717) is 6.04 Å². The van der Waals surface area contributed by atoms with Gasteiger partial charge in [-0.1, -0.05) is 18.2 Å². The lowest BCUT2D eigenvalue weighted by molar-refractivity contribution is 0.351. The number of aromatic nitrogens is 1. The van der Waals surface area contributed by atoms with E-state index in [9.17, 15) is 0 Å². The first-order chi connectivity index (χ1) is 6.75. The minimum atomic E-state index is 0.551. The molecule has 2 rings (SSSR count). The summed E-state index contributed by atoms with van der Waals surface area (Å²) in [6, 6.07) is 2.42. The van der Waals surface area contributed by atoms with Crippen LogP contribution < -0.4 is 0 Å². The van der Waals surface area contributed by atoms with E-state index in [-0.39, 0.29) is 0 Å². The van der Waals surface area contributed by atoms with Gasteiger partial charge in [0.05, 0.1) is 6.20 Å². The van der Waals surface area contributed by atoms with Gasteiger partial charge in [-0.05, 0) is 25.5 Å². The molecule has 1 aliphatic heterocycles. The number of likely N-dealkylation sites (tertiary alicyclic amines) is 1. The van der Waals surface area contributed by atoms with E-state index in [1.807, 2.05) is 12.1 Å². The molecule has 0 amide bonds. The summed E-state index contributed by atoms with van der Waals surface area (Å²) in [6.07, 6.45) is 7.11. The van der Waals surface area contributed by atoms with Crippen molar-refractivity contribution in [2.24, 2.45) is 5.92 Å². The van der Waals surface area contributed by atoms with Crippen LogP contribution in [0.5, 0.6) is 0 Å². The summed E-state index contributed by atoms with van der Waals surface area (Å²) in [5.41, 5.74) is 0. The van der Waals surface area contributed by atoms with Crippen LogP contribution in [-0.4, -0.2) is 29.7 Å². The Morgan fingerprint density at radius 1 is 1.64 bits per heavy atom. The largest absolute Gasteiger partial charge is 0.357 e. The zero-order valence-electron chi connectivity index (χ0n) is 8.68. The molecule has 3 heteroatoms. The molecule has 76 valence electrons. The van der Waals surface area contributed by atoms with Crippen molar-refractivity contribution in [2.75, 3.05) is 13.6 Å². The molecule has 1 fully saturated rings. The third kappa shape index (κ3) is 2.04. The molecule has 0 radical (unpaired) electrons. The summed E-state index contributed by atoms with van der Waals surface area (Å²) in [6.45, 7) is 3.48. The van der Waals surface area contributed by atoms with Crippen LogP contribution in [-0.2, 0) is 0 Å². The van der Waals surface area contributed by atoms with Gasteiger partial charge in [-0.2, -0.15) is 0 Å². The van der Waals surface area contributed by atoms with Crippen molar-refractivity contribution in [3.05, 3.63) is 24.1 Å². The Bertz CT molecular complexity index is 305. The van der Waals surface area contributed by atoms with E-state index in [1.165, 1.54) is 13.0 Å². The Kier molecular flexibility index (Phi) is 2.68. The molecule has 1 saturated heterocycles. The van der Waals surface area contributed by atoms with E-state index in [4.69, 9.17) is 4.52 Å². The van der Waals surface area contributed by atoms with Crippen LogP contribution in [0.4, 0.5) is 0 Å². The Labute approximate surface area is 84.4 Å². The highest BCUT2D eigenvalue weighted by atomic mass is 16.5. The van der Waals surface area contributed by atoms with Gasteiger partial charge >= 0.3 is 0 Å². The van der Waals surface area contributed by atoms with Crippen molar-refractivity contribution in [2.45, 2.75) is 19.4 Å². The molecule has 14 heavy (non-hydrogen) atoms. The molecule has 0 saturated carbocycles. The lowest BCUT2D eigenvalue weighted by Gasteiger charge is -2.14. The molecule has 0 aromatic carbocycles. The average Bonchev–Trinajstić information content (AvgIpc) is 2.72. The maximum absolute atomic E-state index is 5.00. The van der Waals surface area contributed by atoms with Crippen LogP contribution >= 0.6 is 0 Å². The van der Waals surface area contributed by atoms with Gasteiger partial charge < -0.3 is 4.52 Å². The molecular formula is C11H16N2O. The first kappa shape index (κ1) is 9.46. The lowest BCUT2D eigenvalue weighted by atomic mass is 10.1. The summed E-state index contributed by atoms with van der Waals surface area (Å²) in [5.74, 6) is 1.63. The minimum absolute atomic E-state index is 0.551. The Hall–Kier alpha value is -1.09. The summed E-state index contributed by atoms with van der Waals surface area (Å²) in [7, 11) is 2.17. The van der Waals surface area contributed by atoms with Crippen LogP contribution in [0.1, 0.15) is 19.1 Å². The summed E-state index contributed by atoms with van der Waals surface area (Å²) in [5, 5.41) is 3.66. The Balaban J connectivity index is 1.97. The van der Waals surface area contributed by atoms with E-state index in [1.54, 1.807) is 6.20 Å². The summed E-state index contributed by atoms with van der Waals surface area (Å²) >= 11 is 0. The zero-order chi connectivity index (χ0) is 9.97. The summed E-state index contributed by atoms with van der Waals surface area (Å²) in [4.78, 5) is 2.37. The highest BCUT2D eigenvalue weighted by molar-refractivity contribution is 5.42. The van der Waals surface area contributed by atoms with Gasteiger partial charge in [0.25, 0.3) is 0 Å². The fraction of sp³-hybridized carbons (Fsp3) is 0.545. The Morgan fingerprint density at radius 3 is 3.07 bits per heavy atom. The fourth-order valence-corrected chi connectivity index (χ4v) is 2.04. The number of likely N-dealkylation sites (N-methyl/N-ethyl adjacent to an activating group) is 1. The molecule has 2 atom stereocenters. The second kappa shape index (κ2) is 3.96. The maximum atomic E-state index is 5.00. The average molecular weight is 192 g/mol. The molecule has 1 aromatic rings. The van der Waals surface area contributed by atoms with E-state index in [2.05, 4.69) is 30.1 Å². The van der Waals surface area contributed by atoms with Crippen molar-refractivity contribution in [1.29, 1.82) is 0 Å². The minimum Gasteiger partial charge on any atom is -0.357 e. The zero-order valence-corrected chi connectivity index (χ0v) is 8.68. The van der Waals surface area contributed by atoms with Crippen molar-refractivity contribution in [1.82, 2.24) is 10.1 Å². The van der Waals surface area contributed by atoms with Crippen LogP contribution in [0.15, 0.2) is 22.9 Å². The first-order valence-corrected chi connectivity index (χ1v) is 5.05. The van der Waals surface area contributed by atoms with E-state index in [0.717, 1.165) is 11.7 Å². The standard InChI is InChI=1S/C11H16N2O/c1-9-7-10(13(2)8-9)3-4-11-5-6-12-14-11/h3-6,9-10H,7-8H2,1-2H3. The monoisotopic (exact) mass is 192 g/mol. The third-order valence-electron chi connectivity index (χ3n) is 2.75. The van der Waals surface area contributed by atoms with Crippen LogP contribution in [0.2, 0.25) is 0 Å². The highest BCUT2D eigenvalue weighted by Crippen LogP contribution is 2.22. The number of hydrogen-bond donors (Lipinski definition) is 0. The van der Waals surface area contributed by atoms with Gasteiger partial charge in [-0.3, -0.25) is 4.90 Å². The predicted octanol–water partition coefficient (Wildman–Crippen LogP) is 2.03. The van der Waals surface area contributed by atoms with Crippen molar-refractivity contribution >= 4 is 6.08 Å². The molecule has 1 aromatic heterocycles. The number of rotatable bonds is 2. The molecule has 2 heterocycles. The molecule has 0 aliphatic carbocycles. The SMILES string of the molecule is CC1CC(C=Cc2ccno2)N(C)C1. The second-order valence-electron chi connectivity index (χ2n) is 4.12. The quantitative estimate of drug-likeness (QED) is 0.718. The maximum Gasteiger partial charge on any atom is 0.159 e. The van der Waals surface area contributed by atoms with Gasteiger partial charge in [0, 0.05) is 18.7 Å². The first-order valence-electron chi connectivity index (χ1n) is 5.05. The normalized spacial score (nSPS) is 29.0. The highest BCUT2D eigenvalue weighted by Gasteiger charge is 2.23. The van der Waals surface area contributed by atoms with Crippen molar-refractivity contribution < 1.29 is 4.52 Å².